The first-order valence-corrected chi connectivity index (χ1v) is 19.3. The SMILES string of the molecule is c1ccc(-c2ccc3ccc(-c4ccc5ccc(N(c6ccc7c8ccccc8n(-c8ccccc8)c7c6)c6cccc7ccccc67)cc5c4)cc3c2)cc1. The summed E-state index contributed by atoms with van der Waals surface area (Å²) in [5, 5.41) is 9.79. The van der Waals surface area contributed by atoms with Crippen LogP contribution in [0.15, 0.2) is 218 Å². The zero-order chi connectivity index (χ0) is 37.0. The number of rotatable bonds is 6. The molecule has 10 aromatic carbocycles. The van der Waals surface area contributed by atoms with Crippen LogP contribution in [0.3, 0.4) is 0 Å². The summed E-state index contributed by atoms with van der Waals surface area (Å²) < 4.78 is 2.40. The van der Waals surface area contributed by atoms with Gasteiger partial charge in [0.1, 0.15) is 0 Å². The fourth-order valence-electron chi connectivity index (χ4n) is 8.57. The molecule has 56 heavy (non-hydrogen) atoms. The molecule has 2 nitrogen and oxygen atoms in total. The zero-order valence-electron chi connectivity index (χ0n) is 30.7. The topological polar surface area (TPSA) is 8.17 Å². The van der Waals surface area contributed by atoms with Crippen molar-refractivity contribution in [3.63, 3.8) is 0 Å². The molecular formula is C54H36N2. The summed E-state index contributed by atoms with van der Waals surface area (Å²) in [5.41, 5.74) is 11.8. The normalized spacial score (nSPS) is 11.6. The molecule has 1 heterocycles. The first-order valence-electron chi connectivity index (χ1n) is 19.3. The van der Waals surface area contributed by atoms with Gasteiger partial charge in [-0.05, 0) is 116 Å². The van der Waals surface area contributed by atoms with Crippen LogP contribution in [0.1, 0.15) is 0 Å². The Morgan fingerprint density at radius 3 is 1.57 bits per heavy atom. The molecule has 11 rings (SSSR count). The van der Waals surface area contributed by atoms with Gasteiger partial charge in [-0.25, -0.2) is 0 Å². The zero-order valence-corrected chi connectivity index (χ0v) is 30.7. The molecule has 0 spiro atoms. The standard InChI is InChI=1S/C54H36N2/c1-3-12-37(13-4-1)41-25-22-38-23-26-42(33-44(38)32-41)43-27-24-39-28-29-47(35-45(39)34-43)55(52-21-11-15-40-14-7-8-18-49(40)52)48-30-31-51-50-19-9-10-20-53(50)56(54(51)36-48)46-16-5-2-6-17-46/h1-36H. The molecule has 2 heteroatoms. The van der Waals surface area contributed by atoms with Crippen molar-refractivity contribution in [2.24, 2.45) is 0 Å². The number of aromatic nitrogens is 1. The van der Waals surface area contributed by atoms with Gasteiger partial charge in [0.05, 0.1) is 16.7 Å². The third-order valence-electron chi connectivity index (χ3n) is 11.3. The van der Waals surface area contributed by atoms with E-state index < -0.39 is 0 Å². The molecule has 0 saturated heterocycles. The molecule has 0 unspecified atom stereocenters. The second kappa shape index (κ2) is 13.2. The van der Waals surface area contributed by atoms with Crippen molar-refractivity contribution < 1.29 is 0 Å². The van der Waals surface area contributed by atoms with Crippen LogP contribution < -0.4 is 4.90 Å². The molecule has 0 saturated carbocycles. The van der Waals surface area contributed by atoms with Crippen LogP contribution in [0, 0.1) is 0 Å². The fourth-order valence-corrected chi connectivity index (χ4v) is 8.57. The van der Waals surface area contributed by atoms with Crippen molar-refractivity contribution in [2.45, 2.75) is 0 Å². The van der Waals surface area contributed by atoms with Gasteiger partial charge in [0.15, 0.2) is 0 Å². The van der Waals surface area contributed by atoms with Crippen molar-refractivity contribution in [1.82, 2.24) is 4.57 Å². The molecule has 0 aliphatic rings. The molecule has 11 aromatic rings. The Balaban J connectivity index is 1.08. The number of anilines is 3. The lowest BCUT2D eigenvalue weighted by Crippen LogP contribution is -2.10. The highest BCUT2D eigenvalue weighted by Crippen LogP contribution is 2.43. The third kappa shape index (κ3) is 5.42. The van der Waals surface area contributed by atoms with E-state index in [-0.39, 0.29) is 0 Å². The van der Waals surface area contributed by atoms with Crippen LogP contribution in [0.25, 0.3) is 82.1 Å². The minimum atomic E-state index is 1.10. The van der Waals surface area contributed by atoms with E-state index in [0.717, 1.165) is 22.7 Å². The van der Waals surface area contributed by atoms with E-state index >= 15 is 0 Å². The second-order valence-corrected chi connectivity index (χ2v) is 14.6. The van der Waals surface area contributed by atoms with E-state index in [2.05, 4.69) is 228 Å². The number of benzene rings is 10. The highest BCUT2D eigenvalue weighted by Gasteiger charge is 2.19. The lowest BCUT2D eigenvalue weighted by molar-refractivity contribution is 1.18. The maximum absolute atomic E-state index is 2.43. The average Bonchev–Trinajstić information content (AvgIpc) is 3.60. The van der Waals surface area contributed by atoms with Gasteiger partial charge >= 0.3 is 0 Å². The Morgan fingerprint density at radius 2 is 0.821 bits per heavy atom. The molecule has 0 fully saturated rings. The molecular weight excluding hydrogens is 677 g/mol. The van der Waals surface area contributed by atoms with E-state index in [9.17, 15) is 0 Å². The van der Waals surface area contributed by atoms with Crippen molar-refractivity contribution >= 4 is 71.2 Å². The summed E-state index contributed by atoms with van der Waals surface area (Å²) in [6, 6.07) is 79.6. The minimum Gasteiger partial charge on any atom is -0.310 e. The average molecular weight is 713 g/mol. The Morgan fingerprint density at radius 1 is 0.286 bits per heavy atom. The van der Waals surface area contributed by atoms with Gasteiger partial charge in [0.25, 0.3) is 0 Å². The predicted molar refractivity (Wildman–Crippen MR) is 239 cm³/mol. The Bertz CT molecular complexity index is 3240. The molecule has 0 N–H and O–H groups in total. The maximum atomic E-state index is 2.43. The number of para-hydroxylation sites is 2. The maximum Gasteiger partial charge on any atom is 0.0561 e. The van der Waals surface area contributed by atoms with Crippen LogP contribution in [-0.4, -0.2) is 4.57 Å². The molecule has 0 radical (unpaired) electrons. The molecule has 1 aromatic heterocycles. The largest absolute Gasteiger partial charge is 0.310 e. The predicted octanol–water partition coefficient (Wildman–Crippen LogP) is 15.0. The van der Waals surface area contributed by atoms with E-state index in [1.54, 1.807) is 0 Å². The molecule has 0 aliphatic carbocycles. The summed E-state index contributed by atoms with van der Waals surface area (Å²) in [5.74, 6) is 0. The van der Waals surface area contributed by atoms with Gasteiger partial charge in [-0.2, -0.15) is 0 Å². The summed E-state index contributed by atoms with van der Waals surface area (Å²) in [7, 11) is 0. The first-order chi connectivity index (χ1) is 27.7. The highest BCUT2D eigenvalue weighted by atomic mass is 15.1. The summed E-state index contributed by atoms with van der Waals surface area (Å²) in [4.78, 5) is 2.43. The van der Waals surface area contributed by atoms with E-state index in [0.29, 0.717) is 0 Å². The Kier molecular flexibility index (Phi) is 7.53. The summed E-state index contributed by atoms with van der Waals surface area (Å²) >= 11 is 0. The van der Waals surface area contributed by atoms with Crippen LogP contribution in [-0.2, 0) is 0 Å². The lowest BCUT2D eigenvalue weighted by atomic mass is 9.96. The second-order valence-electron chi connectivity index (χ2n) is 14.6. The first kappa shape index (κ1) is 32.0. The monoisotopic (exact) mass is 712 g/mol. The summed E-state index contributed by atoms with van der Waals surface area (Å²) in [6.45, 7) is 0. The van der Waals surface area contributed by atoms with Crippen LogP contribution in [0.2, 0.25) is 0 Å². The molecule has 262 valence electrons. The van der Waals surface area contributed by atoms with Gasteiger partial charge in [-0.1, -0.05) is 152 Å². The minimum absolute atomic E-state index is 1.10. The number of fused-ring (bicyclic) bond motifs is 6. The number of hydrogen-bond donors (Lipinski definition) is 0. The van der Waals surface area contributed by atoms with Crippen molar-refractivity contribution in [3.8, 4) is 27.9 Å². The van der Waals surface area contributed by atoms with Gasteiger partial charge in [-0.15, -0.1) is 0 Å². The fraction of sp³-hybridized carbons (Fsp3) is 0. The van der Waals surface area contributed by atoms with E-state index in [1.807, 2.05) is 0 Å². The van der Waals surface area contributed by atoms with Gasteiger partial charge in [0.2, 0.25) is 0 Å². The Hall–Kier alpha value is -7.42. The lowest BCUT2D eigenvalue weighted by Gasteiger charge is -2.27. The van der Waals surface area contributed by atoms with Crippen molar-refractivity contribution in [2.75, 3.05) is 4.90 Å². The van der Waals surface area contributed by atoms with Gasteiger partial charge < -0.3 is 9.47 Å². The molecule has 0 bridgehead atoms. The molecule has 0 aliphatic heterocycles. The quantitative estimate of drug-likeness (QED) is 0.167. The smallest absolute Gasteiger partial charge is 0.0561 e. The van der Waals surface area contributed by atoms with Crippen LogP contribution in [0.4, 0.5) is 17.1 Å². The number of nitrogens with zero attached hydrogens (tertiary/aromatic N) is 2. The van der Waals surface area contributed by atoms with Crippen LogP contribution >= 0.6 is 0 Å². The van der Waals surface area contributed by atoms with E-state index in [4.69, 9.17) is 0 Å². The van der Waals surface area contributed by atoms with Crippen molar-refractivity contribution in [3.05, 3.63) is 218 Å². The van der Waals surface area contributed by atoms with Crippen molar-refractivity contribution in [1.29, 1.82) is 0 Å². The molecule has 0 atom stereocenters. The van der Waals surface area contributed by atoms with Gasteiger partial charge in [-0.3, -0.25) is 0 Å². The highest BCUT2D eigenvalue weighted by molar-refractivity contribution is 6.11. The van der Waals surface area contributed by atoms with E-state index in [1.165, 1.54) is 76.4 Å². The summed E-state index contributed by atoms with van der Waals surface area (Å²) in [6.07, 6.45) is 0. The van der Waals surface area contributed by atoms with Crippen LogP contribution in [0.5, 0.6) is 0 Å². The van der Waals surface area contributed by atoms with Gasteiger partial charge in [0, 0.05) is 33.2 Å². The third-order valence-corrected chi connectivity index (χ3v) is 11.3. The Labute approximate surface area is 325 Å². The number of hydrogen-bond acceptors (Lipinski definition) is 1. The molecule has 0 amide bonds.